The van der Waals surface area contributed by atoms with E-state index in [4.69, 9.17) is 4.74 Å². The molecule has 2 aromatic carbocycles. The van der Waals surface area contributed by atoms with Gasteiger partial charge in [0.1, 0.15) is 5.75 Å². The molecule has 1 aliphatic rings. The van der Waals surface area contributed by atoms with E-state index in [1.165, 1.54) is 23.1 Å². The highest BCUT2D eigenvalue weighted by molar-refractivity contribution is 6.03. The van der Waals surface area contributed by atoms with Crippen LogP contribution in [0.5, 0.6) is 5.75 Å². The lowest BCUT2D eigenvalue weighted by molar-refractivity contribution is -0.153. The number of alkyl halides is 3. The molecule has 1 N–H and O–H groups in total. The van der Waals surface area contributed by atoms with E-state index in [0.29, 0.717) is 5.69 Å². The average Bonchev–Trinajstić information content (AvgIpc) is 3.03. The molecule has 8 heteroatoms. The van der Waals surface area contributed by atoms with Gasteiger partial charge < -0.3 is 15.0 Å². The highest BCUT2D eigenvalue weighted by Crippen LogP contribution is 2.29. The van der Waals surface area contributed by atoms with Crippen molar-refractivity contribution in [2.75, 3.05) is 23.4 Å². The maximum Gasteiger partial charge on any atom is 0.422 e. The number of aryl methyl sites for hydroxylation is 1. The van der Waals surface area contributed by atoms with Gasteiger partial charge in [0.2, 0.25) is 11.8 Å². The zero-order chi connectivity index (χ0) is 20.3. The van der Waals surface area contributed by atoms with Crippen LogP contribution in [-0.2, 0) is 9.59 Å². The Balaban J connectivity index is 1.67. The Morgan fingerprint density at radius 1 is 1.18 bits per heavy atom. The van der Waals surface area contributed by atoms with Crippen molar-refractivity contribution in [2.45, 2.75) is 19.5 Å². The Bertz CT molecular complexity index is 866. The summed E-state index contributed by atoms with van der Waals surface area (Å²) in [7, 11) is 0. The third-order valence-corrected chi connectivity index (χ3v) is 4.38. The summed E-state index contributed by atoms with van der Waals surface area (Å²) in [5.41, 5.74) is 1.90. The van der Waals surface area contributed by atoms with E-state index in [1.54, 1.807) is 6.07 Å². The lowest BCUT2D eigenvalue weighted by Gasteiger charge is -2.17. The number of carbonyl (C=O) groups is 2. The quantitative estimate of drug-likeness (QED) is 0.839. The summed E-state index contributed by atoms with van der Waals surface area (Å²) in [6.45, 7) is 0.687. The molecule has 1 atom stereocenters. The largest absolute Gasteiger partial charge is 0.482 e. The van der Waals surface area contributed by atoms with Gasteiger partial charge in [0.15, 0.2) is 6.61 Å². The Hall–Kier alpha value is -3.03. The van der Waals surface area contributed by atoms with E-state index in [2.05, 4.69) is 5.32 Å². The second-order valence-corrected chi connectivity index (χ2v) is 6.63. The van der Waals surface area contributed by atoms with Crippen LogP contribution >= 0.6 is 0 Å². The summed E-state index contributed by atoms with van der Waals surface area (Å²) in [4.78, 5) is 26.4. The van der Waals surface area contributed by atoms with E-state index in [9.17, 15) is 22.8 Å². The molecule has 0 radical (unpaired) electrons. The Morgan fingerprint density at radius 2 is 1.86 bits per heavy atom. The monoisotopic (exact) mass is 392 g/mol. The molecule has 2 amide bonds. The summed E-state index contributed by atoms with van der Waals surface area (Å²) in [5.74, 6) is -1.30. The van der Waals surface area contributed by atoms with E-state index < -0.39 is 24.6 Å². The van der Waals surface area contributed by atoms with Gasteiger partial charge in [0.25, 0.3) is 0 Å². The van der Waals surface area contributed by atoms with E-state index in [1.807, 2.05) is 31.2 Å². The number of hydrogen-bond donors (Lipinski definition) is 1. The fourth-order valence-corrected chi connectivity index (χ4v) is 2.95. The molecule has 0 aliphatic carbocycles. The van der Waals surface area contributed by atoms with Crippen molar-refractivity contribution in [3.8, 4) is 5.75 Å². The molecular formula is C20H19F3N2O3. The number of anilines is 2. The first kappa shape index (κ1) is 19.7. The number of carbonyl (C=O) groups excluding carboxylic acids is 2. The van der Waals surface area contributed by atoms with Gasteiger partial charge in [0.05, 0.1) is 11.6 Å². The first-order valence-electron chi connectivity index (χ1n) is 8.69. The zero-order valence-corrected chi connectivity index (χ0v) is 15.1. The molecule has 0 spiro atoms. The summed E-state index contributed by atoms with van der Waals surface area (Å²) in [6, 6.07) is 13.3. The van der Waals surface area contributed by atoms with Crippen LogP contribution in [0, 0.1) is 12.8 Å². The molecule has 1 fully saturated rings. The molecule has 1 saturated heterocycles. The van der Waals surface area contributed by atoms with Gasteiger partial charge in [-0.15, -0.1) is 0 Å². The number of halogens is 3. The topological polar surface area (TPSA) is 58.6 Å². The molecule has 1 heterocycles. The first-order chi connectivity index (χ1) is 13.2. The van der Waals surface area contributed by atoms with Crippen molar-refractivity contribution in [1.29, 1.82) is 0 Å². The zero-order valence-electron chi connectivity index (χ0n) is 15.1. The summed E-state index contributed by atoms with van der Waals surface area (Å²) in [5, 5.41) is 2.58. The van der Waals surface area contributed by atoms with Gasteiger partial charge in [-0.2, -0.15) is 13.2 Å². The van der Waals surface area contributed by atoms with Gasteiger partial charge >= 0.3 is 6.18 Å². The van der Waals surface area contributed by atoms with Crippen molar-refractivity contribution < 1.29 is 27.5 Å². The minimum atomic E-state index is -4.48. The number of amides is 2. The Labute approximate surface area is 160 Å². The van der Waals surface area contributed by atoms with Crippen molar-refractivity contribution in [3.63, 3.8) is 0 Å². The molecular weight excluding hydrogens is 373 g/mol. The van der Waals surface area contributed by atoms with E-state index >= 15 is 0 Å². The van der Waals surface area contributed by atoms with Crippen LogP contribution < -0.4 is 15.0 Å². The predicted molar refractivity (Wildman–Crippen MR) is 98.3 cm³/mol. The molecule has 0 aromatic heterocycles. The van der Waals surface area contributed by atoms with Crippen molar-refractivity contribution in [3.05, 3.63) is 54.1 Å². The molecule has 3 rings (SSSR count). The van der Waals surface area contributed by atoms with Crippen LogP contribution in [0.3, 0.4) is 0 Å². The minimum absolute atomic E-state index is 0.0330. The second-order valence-electron chi connectivity index (χ2n) is 6.63. The number of benzene rings is 2. The Kier molecular flexibility index (Phi) is 5.58. The number of rotatable bonds is 5. The molecule has 0 saturated carbocycles. The van der Waals surface area contributed by atoms with Gasteiger partial charge in [-0.05, 0) is 31.2 Å². The highest BCUT2D eigenvalue weighted by Gasteiger charge is 2.35. The van der Waals surface area contributed by atoms with Gasteiger partial charge in [-0.3, -0.25) is 9.59 Å². The summed E-state index contributed by atoms with van der Waals surface area (Å²) < 4.78 is 42.0. The first-order valence-corrected chi connectivity index (χ1v) is 8.69. The fraction of sp³-hybridized carbons (Fsp3) is 0.300. The number of para-hydroxylation sites is 2. The molecule has 148 valence electrons. The molecule has 0 bridgehead atoms. The van der Waals surface area contributed by atoms with Crippen molar-refractivity contribution >= 4 is 23.2 Å². The highest BCUT2D eigenvalue weighted by atomic mass is 19.4. The van der Waals surface area contributed by atoms with Gasteiger partial charge in [-0.25, -0.2) is 0 Å². The van der Waals surface area contributed by atoms with Crippen molar-refractivity contribution in [2.24, 2.45) is 5.92 Å². The third kappa shape index (κ3) is 4.82. The lowest BCUT2D eigenvalue weighted by Crippen LogP contribution is -2.28. The predicted octanol–water partition coefficient (Wildman–Crippen LogP) is 3.93. The van der Waals surface area contributed by atoms with Crippen LogP contribution in [-0.4, -0.2) is 31.1 Å². The van der Waals surface area contributed by atoms with E-state index in [0.717, 1.165) is 5.56 Å². The Morgan fingerprint density at radius 3 is 2.54 bits per heavy atom. The summed E-state index contributed by atoms with van der Waals surface area (Å²) in [6.07, 6.45) is -4.45. The normalized spacial score (nSPS) is 16.9. The lowest BCUT2D eigenvalue weighted by atomic mass is 10.1. The van der Waals surface area contributed by atoms with Gasteiger partial charge in [-0.1, -0.05) is 29.8 Å². The van der Waals surface area contributed by atoms with Crippen LogP contribution in [0.15, 0.2) is 48.5 Å². The van der Waals surface area contributed by atoms with Gasteiger partial charge in [0, 0.05) is 18.7 Å². The van der Waals surface area contributed by atoms with Crippen LogP contribution in [0.2, 0.25) is 0 Å². The molecule has 1 unspecified atom stereocenters. The third-order valence-electron chi connectivity index (χ3n) is 4.38. The van der Waals surface area contributed by atoms with Crippen LogP contribution in [0.1, 0.15) is 12.0 Å². The maximum atomic E-state index is 12.6. The van der Waals surface area contributed by atoms with Crippen molar-refractivity contribution in [1.82, 2.24) is 0 Å². The number of nitrogens with one attached hydrogen (secondary N) is 1. The smallest absolute Gasteiger partial charge is 0.422 e. The number of hydrogen-bond acceptors (Lipinski definition) is 3. The molecule has 28 heavy (non-hydrogen) atoms. The molecule has 5 nitrogen and oxygen atoms in total. The second kappa shape index (κ2) is 7.92. The van der Waals surface area contributed by atoms with Crippen LogP contribution in [0.4, 0.5) is 24.5 Å². The SMILES string of the molecule is Cc1ccc(N2CC(C(=O)Nc3ccccc3OCC(F)(F)F)CC2=O)cc1. The average molecular weight is 392 g/mol. The summed E-state index contributed by atoms with van der Waals surface area (Å²) >= 11 is 0. The fourth-order valence-electron chi connectivity index (χ4n) is 2.95. The maximum absolute atomic E-state index is 12.6. The number of nitrogens with zero attached hydrogens (tertiary/aromatic N) is 1. The van der Waals surface area contributed by atoms with E-state index in [-0.39, 0.29) is 30.3 Å². The molecule has 2 aromatic rings. The minimum Gasteiger partial charge on any atom is -0.482 e. The number of ether oxygens (including phenoxy) is 1. The standard InChI is InChI=1S/C20H19F3N2O3/c1-13-6-8-15(9-7-13)25-11-14(10-18(25)26)19(27)24-16-4-2-3-5-17(16)28-12-20(21,22)23/h2-9,14H,10-12H2,1H3,(H,24,27). The molecule has 1 aliphatic heterocycles. The van der Waals surface area contributed by atoms with Crippen LogP contribution in [0.25, 0.3) is 0 Å².